The molecule has 2 aromatic rings. The predicted molar refractivity (Wildman–Crippen MR) is 105 cm³/mol. The number of phenols is 1. The number of phenolic OH excluding ortho intramolecular Hbond substituents is 1. The van der Waals surface area contributed by atoms with Crippen molar-refractivity contribution in [1.82, 2.24) is 9.78 Å². The number of aromatic hydroxyl groups is 1. The van der Waals surface area contributed by atoms with Crippen molar-refractivity contribution in [2.45, 2.75) is 51.0 Å². The zero-order valence-electron chi connectivity index (χ0n) is 16.1. The molecule has 1 aromatic heterocycles. The van der Waals surface area contributed by atoms with Crippen molar-refractivity contribution in [3.8, 4) is 5.75 Å². The number of aryl methyl sites for hydroxylation is 2. The quantitative estimate of drug-likeness (QED) is 0.803. The monoisotopic (exact) mass is 364 g/mol. The molecule has 0 spiro atoms. The van der Waals surface area contributed by atoms with Crippen LogP contribution in [-0.2, 0) is 13.5 Å². The molecule has 2 fully saturated rings. The molecule has 0 amide bonds. The average Bonchev–Trinajstić information content (AvgIpc) is 3.17. The Hall–Kier alpha value is -2.07. The van der Waals surface area contributed by atoms with Crippen molar-refractivity contribution in [2.24, 2.45) is 24.3 Å². The summed E-state index contributed by atoms with van der Waals surface area (Å²) in [6, 6.07) is 7.95. The zero-order valence-corrected chi connectivity index (χ0v) is 16.1. The first-order valence-electron chi connectivity index (χ1n) is 10.2. The van der Waals surface area contributed by atoms with E-state index in [1.54, 1.807) is 0 Å². The van der Waals surface area contributed by atoms with Crippen LogP contribution in [0.15, 0.2) is 36.0 Å². The normalized spacial score (nSPS) is 36.3. The van der Waals surface area contributed by atoms with Crippen LogP contribution >= 0.6 is 0 Å². The highest BCUT2D eigenvalue weighted by Crippen LogP contribution is 2.62. The summed E-state index contributed by atoms with van der Waals surface area (Å²) in [5.41, 5.74) is 4.96. The molecule has 0 saturated heterocycles. The number of fused-ring (bicyclic) bond motifs is 5. The molecule has 2 N–H and O–H groups in total. The molecular formula is C23H28N2O2. The fraction of sp³-hybridized carbons (Fsp3) is 0.522. The first kappa shape index (κ1) is 17.1. The maximum atomic E-state index is 11.2. The Morgan fingerprint density at radius 2 is 2.11 bits per heavy atom. The first-order valence-corrected chi connectivity index (χ1v) is 10.2. The van der Waals surface area contributed by atoms with Gasteiger partial charge in [-0.1, -0.05) is 13.0 Å². The van der Waals surface area contributed by atoms with Gasteiger partial charge in [0.25, 0.3) is 0 Å². The lowest BCUT2D eigenvalue weighted by atomic mass is 9.55. The van der Waals surface area contributed by atoms with Gasteiger partial charge in [0.05, 0.1) is 11.8 Å². The van der Waals surface area contributed by atoms with Gasteiger partial charge in [-0.25, -0.2) is 0 Å². The second-order valence-corrected chi connectivity index (χ2v) is 9.05. The third-order valence-corrected chi connectivity index (χ3v) is 7.77. The SMILES string of the molecule is Cn1nccc1/C=C1\CC2C3CCc4cc(O)ccc4C3CCC2(C)C1O. The van der Waals surface area contributed by atoms with Crippen molar-refractivity contribution in [2.75, 3.05) is 0 Å². The lowest BCUT2D eigenvalue weighted by Crippen LogP contribution is -2.44. The average molecular weight is 364 g/mol. The summed E-state index contributed by atoms with van der Waals surface area (Å²) in [5.74, 6) is 2.08. The Morgan fingerprint density at radius 1 is 1.26 bits per heavy atom. The van der Waals surface area contributed by atoms with Crippen LogP contribution in [0.4, 0.5) is 0 Å². The Bertz CT molecular complexity index is 915. The van der Waals surface area contributed by atoms with Crippen LogP contribution in [-0.4, -0.2) is 26.1 Å². The predicted octanol–water partition coefficient (Wildman–Crippen LogP) is 4.04. The number of hydrogen-bond acceptors (Lipinski definition) is 3. The van der Waals surface area contributed by atoms with Gasteiger partial charge in [-0.05, 0) is 90.8 Å². The minimum absolute atomic E-state index is 0.0278. The van der Waals surface area contributed by atoms with Gasteiger partial charge in [-0.15, -0.1) is 0 Å². The number of aliphatic hydroxyl groups excluding tert-OH is 1. The first-order chi connectivity index (χ1) is 13.0. The maximum absolute atomic E-state index is 11.2. The van der Waals surface area contributed by atoms with Gasteiger partial charge < -0.3 is 10.2 Å². The molecule has 4 heteroatoms. The van der Waals surface area contributed by atoms with Gasteiger partial charge in [-0.2, -0.15) is 5.10 Å². The van der Waals surface area contributed by atoms with Gasteiger partial charge in [0.15, 0.2) is 0 Å². The van der Waals surface area contributed by atoms with Gasteiger partial charge >= 0.3 is 0 Å². The van der Waals surface area contributed by atoms with Gasteiger partial charge in [0, 0.05) is 18.7 Å². The molecule has 3 aliphatic rings. The standard InChI is InChI=1S/C23H28N2O2/c1-23-9-7-19-18-6-4-17(26)12-14(18)3-5-20(19)21(23)13-15(22(23)27)11-16-8-10-24-25(16)2/h4,6,8,10-12,19-22,26-27H,3,5,7,9,13H2,1-2H3/b15-11+. The van der Waals surface area contributed by atoms with Gasteiger partial charge in [0.1, 0.15) is 5.75 Å². The number of hydrogen-bond donors (Lipinski definition) is 2. The van der Waals surface area contributed by atoms with Crippen LogP contribution in [0.25, 0.3) is 6.08 Å². The Kier molecular flexibility index (Phi) is 3.77. The van der Waals surface area contributed by atoms with Gasteiger partial charge in [0.2, 0.25) is 0 Å². The zero-order chi connectivity index (χ0) is 18.8. The van der Waals surface area contributed by atoms with Crippen LogP contribution in [0.2, 0.25) is 0 Å². The molecule has 0 radical (unpaired) electrons. The van der Waals surface area contributed by atoms with Crippen LogP contribution in [0, 0.1) is 17.3 Å². The number of nitrogens with zero attached hydrogens (tertiary/aromatic N) is 2. The molecule has 0 bridgehead atoms. The van der Waals surface area contributed by atoms with E-state index in [1.807, 2.05) is 36.1 Å². The van der Waals surface area contributed by atoms with Crippen molar-refractivity contribution in [1.29, 1.82) is 0 Å². The minimum atomic E-state index is -0.362. The van der Waals surface area contributed by atoms with Crippen LogP contribution < -0.4 is 0 Å². The molecule has 142 valence electrons. The number of benzene rings is 1. The molecule has 2 saturated carbocycles. The van der Waals surface area contributed by atoms with Crippen molar-refractivity contribution >= 4 is 6.08 Å². The molecule has 3 aliphatic carbocycles. The Morgan fingerprint density at radius 3 is 2.89 bits per heavy atom. The summed E-state index contributed by atoms with van der Waals surface area (Å²) >= 11 is 0. The van der Waals surface area contributed by atoms with Crippen LogP contribution in [0.3, 0.4) is 0 Å². The minimum Gasteiger partial charge on any atom is -0.508 e. The van der Waals surface area contributed by atoms with E-state index in [9.17, 15) is 10.2 Å². The number of rotatable bonds is 1. The van der Waals surface area contributed by atoms with E-state index in [0.29, 0.717) is 23.5 Å². The fourth-order valence-corrected chi connectivity index (χ4v) is 6.28. The van der Waals surface area contributed by atoms with Crippen molar-refractivity contribution in [3.63, 3.8) is 0 Å². The third kappa shape index (κ3) is 2.49. The molecule has 5 rings (SSSR count). The van der Waals surface area contributed by atoms with E-state index in [1.165, 1.54) is 16.7 Å². The third-order valence-electron chi connectivity index (χ3n) is 7.77. The fourth-order valence-electron chi connectivity index (χ4n) is 6.28. The smallest absolute Gasteiger partial charge is 0.115 e. The van der Waals surface area contributed by atoms with E-state index in [0.717, 1.165) is 37.8 Å². The molecule has 5 atom stereocenters. The summed E-state index contributed by atoms with van der Waals surface area (Å²) in [6.45, 7) is 2.30. The lowest BCUT2D eigenvalue weighted by molar-refractivity contribution is -0.0158. The van der Waals surface area contributed by atoms with Crippen molar-refractivity contribution in [3.05, 3.63) is 52.9 Å². The summed E-state index contributed by atoms with van der Waals surface area (Å²) in [6.07, 6.45) is 8.98. The van der Waals surface area contributed by atoms with E-state index in [4.69, 9.17) is 0 Å². The second-order valence-electron chi connectivity index (χ2n) is 9.05. The van der Waals surface area contributed by atoms with Gasteiger partial charge in [-0.3, -0.25) is 4.68 Å². The number of aliphatic hydroxyl groups is 1. The maximum Gasteiger partial charge on any atom is 0.115 e. The van der Waals surface area contributed by atoms with E-state index in [2.05, 4.69) is 24.2 Å². The summed E-state index contributed by atoms with van der Waals surface area (Å²) in [4.78, 5) is 0. The molecule has 1 aromatic carbocycles. The molecule has 1 heterocycles. The van der Waals surface area contributed by atoms with E-state index < -0.39 is 0 Å². The highest BCUT2D eigenvalue weighted by Gasteiger charge is 2.56. The molecule has 5 unspecified atom stereocenters. The van der Waals surface area contributed by atoms with E-state index >= 15 is 0 Å². The van der Waals surface area contributed by atoms with Crippen LogP contribution in [0.1, 0.15) is 55.3 Å². The molecule has 27 heavy (non-hydrogen) atoms. The molecule has 0 aliphatic heterocycles. The summed E-state index contributed by atoms with van der Waals surface area (Å²) in [7, 11) is 1.95. The highest BCUT2D eigenvalue weighted by atomic mass is 16.3. The largest absolute Gasteiger partial charge is 0.508 e. The Labute approximate surface area is 160 Å². The van der Waals surface area contributed by atoms with Crippen LogP contribution in [0.5, 0.6) is 5.75 Å². The second kappa shape index (κ2) is 5.96. The Balaban J connectivity index is 1.50. The summed E-state index contributed by atoms with van der Waals surface area (Å²) in [5, 5.41) is 25.3. The van der Waals surface area contributed by atoms with E-state index in [-0.39, 0.29) is 11.5 Å². The lowest BCUT2D eigenvalue weighted by Gasteiger charge is -2.49. The molecule has 4 nitrogen and oxygen atoms in total. The van der Waals surface area contributed by atoms with Crippen molar-refractivity contribution < 1.29 is 10.2 Å². The highest BCUT2D eigenvalue weighted by molar-refractivity contribution is 5.52. The summed E-state index contributed by atoms with van der Waals surface area (Å²) < 4.78 is 1.87. The molecular weight excluding hydrogens is 336 g/mol. The topological polar surface area (TPSA) is 58.3 Å². The number of aromatic nitrogens is 2.